The van der Waals surface area contributed by atoms with Gasteiger partial charge in [0.2, 0.25) is 0 Å². The number of carbonyl (C=O) groups is 2. The number of ether oxygens (including phenoxy) is 2. The third-order valence-corrected chi connectivity index (χ3v) is 11.3. The van der Waals surface area contributed by atoms with E-state index in [4.69, 9.17) is 18.5 Å². The molecule has 0 aromatic carbocycles. The second kappa shape index (κ2) is 39.2. The second-order valence-corrected chi connectivity index (χ2v) is 18.6. The van der Waals surface area contributed by atoms with Gasteiger partial charge in [-0.25, -0.2) is 4.57 Å². The lowest BCUT2D eigenvalue weighted by atomic mass is 10.0. The van der Waals surface area contributed by atoms with Gasteiger partial charge in [0, 0.05) is 12.8 Å². The number of nitrogens with zero attached hydrogens (tertiary/aromatic N) is 1. The van der Waals surface area contributed by atoms with Crippen molar-refractivity contribution >= 4 is 19.8 Å². The first-order chi connectivity index (χ1) is 27.0. The monoisotopic (exact) mass is 817 g/mol. The summed E-state index contributed by atoms with van der Waals surface area (Å²) in [4.78, 5) is 35.4. The van der Waals surface area contributed by atoms with Gasteiger partial charge in [-0.2, -0.15) is 0 Å². The Morgan fingerprint density at radius 2 is 0.911 bits per heavy atom. The molecule has 9 nitrogen and oxygen atoms in total. The summed E-state index contributed by atoms with van der Waals surface area (Å²) in [5, 5.41) is 0. The van der Waals surface area contributed by atoms with E-state index in [0.29, 0.717) is 23.9 Å². The molecule has 0 spiro atoms. The van der Waals surface area contributed by atoms with Crippen LogP contribution in [0.2, 0.25) is 0 Å². The van der Waals surface area contributed by atoms with Crippen LogP contribution in [0.15, 0.2) is 12.2 Å². The fraction of sp³-hybridized carbons (Fsp3) is 0.913. The number of esters is 2. The van der Waals surface area contributed by atoms with Gasteiger partial charge in [0.15, 0.2) is 6.10 Å². The molecule has 1 N–H and O–H groups in total. The summed E-state index contributed by atoms with van der Waals surface area (Å²) in [6.45, 7) is 4.43. The minimum Gasteiger partial charge on any atom is -0.462 e. The zero-order valence-electron chi connectivity index (χ0n) is 37.4. The molecule has 0 aromatic rings. The Labute approximate surface area is 346 Å². The van der Waals surface area contributed by atoms with E-state index in [1.165, 1.54) is 148 Å². The van der Waals surface area contributed by atoms with Crippen molar-refractivity contribution in [3.8, 4) is 0 Å². The highest BCUT2D eigenvalue weighted by molar-refractivity contribution is 7.47. The summed E-state index contributed by atoms with van der Waals surface area (Å²) in [5.41, 5.74) is 0. The van der Waals surface area contributed by atoms with Crippen LogP contribution >= 0.6 is 7.82 Å². The molecule has 0 bridgehead atoms. The number of quaternary nitrogens is 1. The topological polar surface area (TPSA) is 108 Å². The Morgan fingerprint density at radius 3 is 1.36 bits per heavy atom. The molecule has 56 heavy (non-hydrogen) atoms. The van der Waals surface area contributed by atoms with Crippen LogP contribution in [-0.2, 0) is 32.7 Å². The number of likely N-dealkylation sites (N-methyl/N-ethyl adjacent to an activating group) is 1. The minimum atomic E-state index is -4.37. The van der Waals surface area contributed by atoms with Gasteiger partial charge in [0.05, 0.1) is 27.7 Å². The molecule has 0 saturated carbocycles. The van der Waals surface area contributed by atoms with Gasteiger partial charge in [-0.15, -0.1) is 0 Å². The molecule has 0 aromatic heterocycles. The molecule has 0 radical (unpaired) electrons. The van der Waals surface area contributed by atoms with Crippen LogP contribution < -0.4 is 0 Å². The molecule has 0 aliphatic carbocycles. The van der Waals surface area contributed by atoms with Gasteiger partial charge in [0.1, 0.15) is 19.8 Å². The first-order valence-corrected chi connectivity index (χ1v) is 24.9. The average molecular weight is 817 g/mol. The van der Waals surface area contributed by atoms with Crippen molar-refractivity contribution in [2.24, 2.45) is 0 Å². The Kier molecular flexibility index (Phi) is 38.3. The van der Waals surface area contributed by atoms with E-state index in [1.807, 2.05) is 21.1 Å². The summed E-state index contributed by atoms with van der Waals surface area (Å²) in [5.74, 6) is -0.812. The van der Waals surface area contributed by atoms with Crippen LogP contribution in [0, 0.1) is 0 Å². The lowest BCUT2D eigenvalue weighted by Crippen LogP contribution is -2.37. The minimum absolute atomic E-state index is 0.0315. The lowest BCUT2D eigenvalue weighted by molar-refractivity contribution is -0.870. The van der Waals surface area contributed by atoms with Crippen molar-refractivity contribution in [1.29, 1.82) is 0 Å². The highest BCUT2D eigenvalue weighted by atomic mass is 31.2. The smallest absolute Gasteiger partial charge is 0.462 e. The molecule has 0 fully saturated rings. The summed E-state index contributed by atoms with van der Waals surface area (Å²) < 4.78 is 34.3. The van der Waals surface area contributed by atoms with E-state index >= 15 is 0 Å². The zero-order valence-corrected chi connectivity index (χ0v) is 38.3. The first-order valence-electron chi connectivity index (χ1n) is 23.4. The molecular weight excluding hydrogens is 725 g/mol. The molecule has 0 rings (SSSR count). The lowest BCUT2D eigenvalue weighted by Gasteiger charge is -2.24. The Bertz CT molecular complexity index is 969. The average Bonchev–Trinajstić information content (AvgIpc) is 3.15. The molecule has 1 unspecified atom stereocenters. The predicted molar refractivity (Wildman–Crippen MR) is 234 cm³/mol. The SMILES string of the molecule is CCCCCCCCCCC/C=C\CCCCC(=O)O[C@H](COC(=O)CCCCCCCCCCCCCCCCCCC)COP(=O)(O)OCC[N+](C)(C)C. The van der Waals surface area contributed by atoms with Crippen molar-refractivity contribution in [2.45, 2.75) is 225 Å². The predicted octanol–water partition coefficient (Wildman–Crippen LogP) is 13.4. The van der Waals surface area contributed by atoms with E-state index in [9.17, 15) is 19.0 Å². The number of unbranched alkanes of at least 4 members (excludes halogenated alkanes) is 27. The van der Waals surface area contributed by atoms with Gasteiger partial charge in [-0.1, -0.05) is 180 Å². The van der Waals surface area contributed by atoms with Crippen molar-refractivity contribution in [2.75, 3.05) is 47.5 Å². The van der Waals surface area contributed by atoms with Gasteiger partial charge < -0.3 is 18.9 Å². The van der Waals surface area contributed by atoms with Crippen LogP contribution in [0.4, 0.5) is 0 Å². The largest absolute Gasteiger partial charge is 0.472 e. The van der Waals surface area contributed by atoms with Crippen LogP contribution in [0.1, 0.15) is 219 Å². The highest BCUT2D eigenvalue weighted by Gasteiger charge is 2.27. The Hall–Kier alpha value is -1.25. The Morgan fingerprint density at radius 1 is 0.536 bits per heavy atom. The maximum atomic E-state index is 12.7. The highest BCUT2D eigenvalue weighted by Crippen LogP contribution is 2.43. The molecule has 0 amide bonds. The van der Waals surface area contributed by atoms with Gasteiger partial charge in [0.25, 0.3) is 0 Å². The number of allylic oxidation sites excluding steroid dienone is 2. The molecule has 0 aliphatic heterocycles. The maximum absolute atomic E-state index is 12.7. The number of phosphoric ester groups is 1. The van der Waals surface area contributed by atoms with Gasteiger partial charge >= 0.3 is 19.8 Å². The van der Waals surface area contributed by atoms with E-state index in [-0.39, 0.29) is 25.6 Å². The summed E-state index contributed by atoms with van der Waals surface area (Å²) in [7, 11) is 1.48. The summed E-state index contributed by atoms with van der Waals surface area (Å²) in [6, 6.07) is 0. The van der Waals surface area contributed by atoms with Crippen molar-refractivity contribution < 1.29 is 42.1 Å². The third-order valence-electron chi connectivity index (χ3n) is 10.3. The summed E-state index contributed by atoms with van der Waals surface area (Å²) >= 11 is 0. The van der Waals surface area contributed by atoms with E-state index < -0.39 is 26.5 Å². The molecule has 0 heterocycles. The molecule has 0 aliphatic rings. The van der Waals surface area contributed by atoms with Crippen LogP contribution in [0.3, 0.4) is 0 Å². The van der Waals surface area contributed by atoms with Gasteiger partial charge in [-0.05, 0) is 38.5 Å². The van der Waals surface area contributed by atoms with E-state index in [0.717, 1.165) is 38.5 Å². The number of rotatable bonds is 43. The molecular formula is C46H91NO8P+. The van der Waals surface area contributed by atoms with Crippen molar-refractivity contribution in [3.63, 3.8) is 0 Å². The molecule has 0 saturated heterocycles. The molecule has 10 heteroatoms. The third kappa shape index (κ3) is 42.4. The zero-order chi connectivity index (χ0) is 41.4. The van der Waals surface area contributed by atoms with E-state index in [1.54, 1.807) is 0 Å². The Balaban J connectivity index is 4.31. The van der Waals surface area contributed by atoms with Crippen LogP contribution in [0.5, 0.6) is 0 Å². The number of phosphoric acid groups is 1. The van der Waals surface area contributed by atoms with Crippen molar-refractivity contribution in [1.82, 2.24) is 0 Å². The quantitative estimate of drug-likeness (QED) is 0.0213. The second-order valence-electron chi connectivity index (χ2n) is 17.1. The summed E-state index contributed by atoms with van der Waals surface area (Å²) in [6.07, 6.45) is 41.2. The molecule has 332 valence electrons. The number of hydrogen-bond donors (Lipinski definition) is 1. The van der Waals surface area contributed by atoms with Crippen LogP contribution in [-0.4, -0.2) is 74.9 Å². The normalized spacial score (nSPS) is 13.6. The fourth-order valence-electron chi connectivity index (χ4n) is 6.60. The van der Waals surface area contributed by atoms with E-state index in [2.05, 4.69) is 26.0 Å². The van der Waals surface area contributed by atoms with Crippen LogP contribution in [0.25, 0.3) is 0 Å². The fourth-order valence-corrected chi connectivity index (χ4v) is 7.34. The molecule has 2 atom stereocenters. The number of hydrogen-bond acceptors (Lipinski definition) is 7. The number of carbonyl (C=O) groups excluding carboxylic acids is 2. The maximum Gasteiger partial charge on any atom is 0.472 e. The standard InChI is InChI=1S/C46H90NO8P/c1-6-8-10-12-14-16-18-20-22-23-25-26-28-30-32-34-36-38-45(48)52-42-44(43-54-56(50,51)53-41-40-47(3,4)5)55-46(49)39-37-35-33-31-29-27-24-21-19-17-15-13-11-9-7-2/h29,31,44H,6-28,30,32-43H2,1-5H3/p+1/b31-29-/t44-/m1/s1. The van der Waals surface area contributed by atoms with Crippen molar-refractivity contribution in [3.05, 3.63) is 12.2 Å². The first kappa shape index (κ1) is 54.8. The van der Waals surface area contributed by atoms with Gasteiger partial charge in [-0.3, -0.25) is 18.6 Å².